The Labute approximate surface area is 46.1 Å². The molecule has 1 aromatic rings. The average Bonchev–Trinajstić information content (AvgIpc) is 1.87. The summed E-state index contributed by atoms with van der Waals surface area (Å²) in [7, 11) is 0. The zero-order valence-electron chi connectivity index (χ0n) is 3.82. The van der Waals surface area contributed by atoms with E-state index in [1.807, 2.05) is 0 Å². The smallest absolute Gasteiger partial charge is 0.146 e. The van der Waals surface area contributed by atoms with Crippen LogP contribution in [0.1, 0.15) is 5.76 Å². The fourth-order valence-electron chi connectivity index (χ4n) is 0.334. The fourth-order valence-corrected chi connectivity index (χ4v) is 0.519. The summed E-state index contributed by atoms with van der Waals surface area (Å²) in [6.07, 6.45) is 0. The van der Waals surface area contributed by atoms with Crippen LogP contribution in [-0.4, -0.2) is 5.16 Å². The van der Waals surface area contributed by atoms with Crippen LogP contribution in [0.3, 0.4) is 0 Å². The quantitative estimate of drug-likeness (QED) is 0.517. The second-order valence-electron chi connectivity index (χ2n) is 1.21. The van der Waals surface area contributed by atoms with E-state index < -0.39 is 0 Å². The molecule has 0 fully saturated rings. The molecule has 0 aliphatic rings. The lowest BCUT2D eigenvalue weighted by molar-refractivity contribution is 0.395. The van der Waals surface area contributed by atoms with Crippen molar-refractivity contribution in [3.8, 4) is 0 Å². The van der Waals surface area contributed by atoms with Crippen LogP contribution in [0.25, 0.3) is 0 Å². The molecule has 0 aliphatic heterocycles. The molecule has 0 amide bonds. The third kappa shape index (κ3) is 0.899. The van der Waals surface area contributed by atoms with Crippen molar-refractivity contribution in [1.82, 2.24) is 5.16 Å². The molecular formula is C4H4NOS. The molecule has 0 atom stereocenters. The van der Waals surface area contributed by atoms with Crippen LogP contribution in [0.4, 0.5) is 0 Å². The summed E-state index contributed by atoms with van der Waals surface area (Å²) in [4.78, 5) is 0. The Balaban J connectivity index is 3.30. The van der Waals surface area contributed by atoms with Gasteiger partial charge in [0.05, 0.1) is 6.07 Å². The Bertz CT molecular complexity index is 199. The van der Waals surface area contributed by atoms with Crippen LogP contribution < -0.4 is 0 Å². The summed E-state index contributed by atoms with van der Waals surface area (Å²) < 4.78 is 5.20. The van der Waals surface area contributed by atoms with Gasteiger partial charge in [-0.15, -0.1) is 0 Å². The number of rotatable bonds is 0. The molecule has 0 spiro atoms. The van der Waals surface area contributed by atoms with E-state index >= 15 is 0 Å². The molecule has 1 aromatic heterocycles. The van der Waals surface area contributed by atoms with Gasteiger partial charge in [-0.2, -0.15) is 0 Å². The summed E-state index contributed by atoms with van der Waals surface area (Å²) in [6.45, 7) is 1.78. The van der Waals surface area contributed by atoms with Crippen LogP contribution in [0.15, 0.2) is 4.52 Å². The molecule has 37 valence electrons. The van der Waals surface area contributed by atoms with E-state index in [-0.39, 0.29) is 0 Å². The third-order valence-corrected chi connectivity index (χ3v) is 0.772. The van der Waals surface area contributed by atoms with Crippen LogP contribution in [0, 0.1) is 17.6 Å². The van der Waals surface area contributed by atoms with E-state index in [2.05, 4.69) is 28.0 Å². The second-order valence-corrected chi connectivity index (χ2v) is 1.62. The Morgan fingerprint density at radius 3 is 2.71 bits per heavy atom. The topological polar surface area (TPSA) is 28.9 Å². The van der Waals surface area contributed by atoms with Gasteiger partial charge < -0.3 is 4.52 Å². The molecular weight excluding hydrogens is 110 g/mol. The largest absolute Gasteiger partial charge is 0.385 e. The zero-order chi connectivity index (χ0) is 5.28. The van der Waals surface area contributed by atoms with E-state index in [1.165, 1.54) is 0 Å². The normalized spacial score (nSPS) is 9.29. The first-order valence-corrected chi connectivity index (χ1v) is 2.27. The van der Waals surface area contributed by atoms with E-state index in [0.29, 0.717) is 10.4 Å². The lowest BCUT2D eigenvalue weighted by Gasteiger charge is -1.67. The SMILES string of the molecule is Cc1[c]c(=S)[nH]o1. The van der Waals surface area contributed by atoms with Crippen molar-refractivity contribution in [3.63, 3.8) is 0 Å². The van der Waals surface area contributed by atoms with Crippen molar-refractivity contribution < 1.29 is 4.52 Å². The molecule has 1 heterocycles. The maximum absolute atomic E-state index is 4.68. The number of hydrogen-bond acceptors (Lipinski definition) is 2. The van der Waals surface area contributed by atoms with Gasteiger partial charge in [-0.3, -0.25) is 0 Å². The standard InChI is InChI=1S/C4H4NOS/c1-3-2-4(7)5-6-3/h1H3,(H,5,7). The molecule has 0 unspecified atom stereocenters. The maximum atomic E-state index is 4.68. The van der Waals surface area contributed by atoms with Gasteiger partial charge in [-0.05, 0) is 6.92 Å². The number of aryl methyl sites for hydroxylation is 1. The number of hydrogen-bond donors (Lipinski definition) is 1. The van der Waals surface area contributed by atoms with Gasteiger partial charge >= 0.3 is 0 Å². The van der Waals surface area contributed by atoms with Gasteiger partial charge in [-0.25, -0.2) is 5.16 Å². The van der Waals surface area contributed by atoms with Crippen LogP contribution >= 0.6 is 12.2 Å². The minimum Gasteiger partial charge on any atom is -0.385 e. The minimum atomic E-state index is 0.525. The van der Waals surface area contributed by atoms with Gasteiger partial charge in [0.1, 0.15) is 10.4 Å². The molecule has 2 nitrogen and oxygen atoms in total. The van der Waals surface area contributed by atoms with E-state index in [1.54, 1.807) is 6.92 Å². The highest BCUT2D eigenvalue weighted by atomic mass is 32.1. The van der Waals surface area contributed by atoms with Crippen LogP contribution in [-0.2, 0) is 0 Å². The maximum Gasteiger partial charge on any atom is 0.146 e. The van der Waals surface area contributed by atoms with Crippen molar-refractivity contribution in [2.75, 3.05) is 0 Å². The summed E-state index contributed by atoms with van der Waals surface area (Å²) in [6, 6.07) is 2.73. The van der Waals surface area contributed by atoms with Crippen LogP contribution in [0.2, 0.25) is 0 Å². The highest BCUT2D eigenvalue weighted by molar-refractivity contribution is 7.71. The first-order chi connectivity index (χ1) is 3.29. The fraction of sp³-hybridized carbons (Fsp3) is 0.250. The van der Waals surface area contributed by atoms with E-state index in [4.69, 9.17) is 0 Å². The minimum absolute atomic E-state index is 0.525. The predicted octanol–water partition coefficient (Wildman–Crippen LogP) is 1.45. The summed E-state index contributed by atoms with van der Waals surface area (Å²) >= 11 is 4.63. The molecule has 0 aliphatic carbocycles. The molecule has 0 aromatic carbocycles. The molecule has 0 bridgehead atoms. The summed E-state index contributed by atoms with van der Waals surface area (Å²) in [5.41, 5.74) is 0. The summed E-state index contributed by atoms with van der Waals surface area (Å²) in [5, 5.41) is 2.45. The molecule has 1 N–H and O–H groups in total. The van der Waals surface area contributed by atoms with Gasteiger partial charge in [0.25, 0.3) is 0 Å². The van der Waals surface area contributed by atoms with Crippen LogP contribution in [0.5, 0.6) is 0 Å². The monoisotopic (exact) mass is 114 g/mol. The molecule has 0 saturated heterocycles. The van der Waals surface area contributed by atoms with Crippen molar-refractivity contribution in [3.05, 3.63) is 16.5 Å². The Hall–Kier alpha value is -0.570. The first-order valence-electron chi connectivity index (χ1n) is 1.86. The Kier molecular flexibility index (Phi) is 0.982. The van der Waals surface area contributed by atoms with Crippen molar-refractivity contribution >= 4 is 12.2 Å². The highest BCUT2D eigenvalue weighted by Crippen LogP contribution is 1.91. The Morgan fingerprint density at radius 1 is 1.86 bits per heavy atom. The average molecular weight is 114 g/mol. The van der Waals surface area contributed by atoms with E-state index in [0.717, 1.165) is 0 Å². The highest BCUT2D eigenvalue weighted by Gasteiger charge is 1.83. The van der Waals surface area contributed by atoms with Gasteiger partial charge in [0, 0.05) is 0 Å². The van der Waals surface area contributed by atoms with E-state index in [9.17, 15) is 0 Å². The van der Waals surface area contributed by atoms with Crippen molar-refractivity contribution in [2.24, 2.45) is 0 Å². The molecule has 3 heteroatoms. The molecule has 0 saturated carbocycles. The van der Waals surface area contributed by atoms with Gasteiger partial charge in [-0.1, -0.05) is 12.2 Å². The lowest BCUT2D eigenvalue weighted by atomic mass is 10.5. The zero-order valence-corrected chi connectivity index (χ0v) is 4.63. The Morgan fingerprint density at radius 2 is 2.57 bits per heavy atom. The summed E-state index contributed by atoms with van der Waals surface area (Å²) in [5.74, 6) is 0.699. The molecule has 1 rings (SSSR count). The third-order valence-electron chi connectivity index (χ3n) is 0.586. The lowest BCUT2D eigenvalue weighted by Crippen LogP contribution is -1.51. The molecule has 1 radical (unpaired) electrons. The van der Waals surface area contributed by atoms with Crippen molar-refractivity contribution in [2.45, 2.75) is 6.92 Å². The predicted molar refractivity (Wildman–Crippen MR) is 27.5 cm³/mol. The number of H-pyrrole nitrogens is 1. The number of aromatic amines is 1. The number of nitrogens with one attached hydrogen (secondary N) is 1. The van der Waals surface area contributed by atoms with Gasteiger partial charge in [0.2, 0.25) is 0 Å². The van der Waals surface area contributed by atoms with Crippen molar-refractivity contribution in [1.29, 1.82) is 0 Å². The second kappa shape index (κ2) is 1.50. The number of aromatic nitrogens is 1. The molecule has 7 heavy (non-hydrogen) atoms. The van der Waals surface area contributed by atoms with Gasteiger partial charge in [0.15, 0.2) is 0 Å². The first kappa shape index (κ1) is 4.59.